The zero-order chi connectivity index (χ0) is 22.6. The molecule has 1 amide bonds. The van der Waals surface area contributed by atoms with Crippen LogP contribution in [0.4, 0.5) is 19.1 Å². The fourth-order valence-corrected chi connectivity index (χ4v) is 4.39. The van der Waals surface area contributed by atoms with E-state index >= 15 is 0 Å². The number of nitrogens with one attached hydrogen (secondary N) is 2. The Hall–Kier alpha value is -2.93. The van der Waals surface area contributed by atoms with Gasteiger partial charge in [0, 0.05) is 18.8 Å². The highest BCUT2D eigenvalue weighted by molar-refractivity contribution is 7.96. The van der Waals surface area contributed by atoms with Crippen molar-refractivity contribution in [2.75, 3.05) is 24.3 Å². The zero-order valence-corrected chi connectivity index (χ0v) is 16.9. The Kier molecular flexibility index (Phi) is 6.65. The molecule has 2 heterocycles. The summed E-state index contributed by atoms with van der Waals surface area (Å²) in [5, 5.41) is 9.75. The predicted molar refractivity (Wildman–Crippen MR) is 104 cm³/mol. The molecular weight excluding hydrogens is 441 g/mol. The molecule has 0 spiro atoms. The van der Waals surface area contributed by atoms with E-state index in [9.17, 15) is 26.4 Å². The number of hydrogen-bond donors (Lipinski definition) is 2. The minimum absolute atomic E-state index is 0.107. The predicted octanol–water partition coefficient (Wildman–Crippen LogP) is 2.66. The first-order valence-electron chi connectivity index (χ1n) is 9.13. The van der Waals surface area contributed by atoms with Gasteiger partial charge in [-0.05, 0) is 43.0 Å². The molecular formula is C18H19F3N4O5S. The van der Waals surface area contributed by atoms with Crippen LogP contribution in [0.5, 0.6) is 5.75 Å². The molecule has 1 aromatic heterocycles. The van der Waals surface area contributed by atoms with Crippen LogP contribution < -0.4 is 10.1 Å². The molecule has 2 N–H and O–H groups in total. The Bertz CT molecular complexity index is 1040. The van der Waals surface area contributed by atoms with Gasteiger partial charge in [0.2, 0.25) is 5.95 Å². The van der Waals surface area contributed by atoms with E-state index in [-0.39, 0.29) is 23.4 Å². The summed E-state index contributed by atoms with van der Waals surface area (Å²) < 4.78 is 70.5. The number of nitrogens with zero attached hydrogens (tertiary/aromatic N) is 2. The lowest BCUT2D eigenvalue weighted by Gasteiger charge is -2.21. The van der Waals surface area contributed by atoms with Gasteiger partial charge in [0.05, 0.1) is 5.75 Å². The Morgan fingerprint density at radius 1 is 1.23 bits per heavy atom. The Morgan fingerprint density at radius 3 is 2.48 bits per heavy atom. The van der Waals surface area contributed by atoms with Gasteiger partial charge in [-0.25, -0.2) is 8.42 Å². The average molecular weight is 460 g/mol. The number of sulfone groups is 1. The van der Waals surface area contributed by atoms with Crippen molar-refractivity contribution in [3.63, 3.8) is 0 Å². The molecule has 0 radical (unpaired) electrons. The highest BCUT2D eigenvalue weighted by atomic mass is 32.2. The van der Waals surface area contributed by atoms with E-state index in [1.54, 1.807) is 0 Å². The van der Waals surface area contributed by atoms with Crippen LogP contribution in [0, 0.1) is 5.92 Å². The highest BCUT2D eigenvalue weighted by Gasteiger charge is 2.31. The lowest BCUT2D eigenvalue weighted by molar-refractivity contribution is -0.274. The Balaban J connectivity index is 1.62. The van der Waals surface area contributed by atoms with Crippen molar-refractivity contribution in [2.24, 2.45) is 5.92 Å². The molecule has 0 atom stereocenters. The summed E-state index contributed by atoms with van der Waals surface area (Å²) in [6, 6.07) is 4.80. The van der Waals surface area contributed by atoms with Crippen LogP contribution in [-0.4, -0.2) is 54.8 Å². The lowest BCUT2D eigenvalue weighted by atomic mass is 10.0. The average Bonchev–Trinajstić information content (AvgIpc) is 3.15. The Morgan fingerprint density at radius 2 is 1.87 bits per heavy atom. The zero-order valence-electron chi connectivity index (χ0n) is 16.1. The van der Waals surface area contributed by atoms with E-state index in [1.807, 2.05) is 0 Å². The van der Waals surface area contributed by atoms with E-state index in [0.29, 0.717) is 31.6 Å². The van der Waals surface area contributed by atoms with Gasteiger partial charge in [-0.15, -0.1) is 23.4 Å². The number of ether oxygens (including phenoxy) is 2. The van der Waals surface area contributed by atoms with Crippen molar-refractivity contribution in [2.45, 2.75) is 19.2 Å². The van der Waals surface area contributed by atoms with Gasteiger partial charge in [-0.1, -0.05) is 6.58 Å². The molecule has 2 aromatic rings. The first-order valence-corrected chi connectivity index (χ1v) is 10.8. The third-order valence-corrected chi connectivity index (χ3v) is 6.35. The van der Waals surface area contributed by atoms with Gasteiger partial charge in [0.15, 0.2) is 15.7 Å². The molecule has 1 aromatic carbocycles. The minimum Gasteiger partial charge on any atom is -0.406 e. The number of aromatic amines is 1. The lowest BCUT2D eigenvalue weighted by Crippen LogP contribution is -2.28. The first-order chi connectivity index (χ1) is 14.5. The number of rotatable bonds is 7. The molecule has 0 bridgehead atoms. The largest absolute Gasteiger partial charge is 0.573 e. The number of hydrogen-bond acceptors (Lipinski definition) is 7. The molecule has 1 saturated heterocycles. The number of anilines is 1. The van der Waals surface area contributed by atoms with Crippen LogP contribution in [0.1, 0.15) is 12.8 Å². The quantitative estimate of drug-likeness (QED) is 0.609. The molecule has 9 nitrogen and oxygen atoms in total. The van der Waals surface area contributed by atoms with Crippen molar-refractivity contribution in [1.29, 1.82) is 0 Å². The summed E-state index contributed by atoms with van der Waals surface area (Å²) in [6.07, 6.45) is -3.63. The second-order valence-electron chi connectivity index (χ2n) is 6.81. The van der Waals surface area contributed by atoms with Gasteiger partial charge in [-0.2, -0.15) is 0 Å². The fourth-order valence-electron chi connectivity index (χ4n) is 2.91. The van der Waals surface area contributed by atoms with Crippen molar-refractivity contribution < 1.29 is 35.9 Å². The minimum atomic E-state index is -4.81. The third kappa shape index (κ3) is 6.28. The smallest absolute Gasteiger partial charge is 0.406 e. The number of amides is 1. The Labute approximate surface area is 175 Å². The summed E-state index contributed by atoms with van der Waals surface area (Å²) in [5.74, 6) is -1.66. The molecule has 1 fully saturated rings. The van der Waals surface area contributed by atoms with Crippen molar-refractivity contribution in [1.82, 2.24) is 15.2 Å². The maximum atomic E-state index is 12.4. The van der Waals surface area contributed by atoms with E-state index in [0.717, 1.165) is 12.1 Å². The van der Waals surface area contributed by atoms with Crippen LogP contribution in [0.25, 0.3) is 11.4 Å². The van der Waals surface area contributed by atoms with Crippen LogP contribution in [-0.2, 0) is 19.4 Å². The summed E-state index contributed by atoms with van der Waals surface area (Å²) in [6.45, 7) is 4.34. The number of aromatic nitrogens is 3. The van der Waals surface area contributed by atoms with Crippen molar-refractivity contribution >= 4 is 21.7 Å². The van der Waals surface area contributed by atoms with Crippen LogP contribution >= 0.6 is 0 Å². The van der Waals surface area contributed by atoms with Gasteiger partial charge >= 0.3 is 6.36 Å². The molecule has 0 aliphatic carbocycles. The topological polar surface area (TPSA) is 123 Å². The standard InChI is InChI=1S/C18H19F3N4O5S/c1-11(31(27,28)10-12-6-8-29-9-7-12)16(26)23-17-22-15(24-25-17)13-2-4-14(5-3-13)30-18(19,20)21/h2-5,12H,1,6-10H2,(H2,22,23,24,25,26). The second kappa shape index (κ2) is 9.06. The van der Waals surface area contributed by atoms with Crippen LogP contribution in [0.2, 0.25) is 0 Å². The van der Waals surface area contributed by atoms with Crippen molar-refractivity contribution in [3.8, 4) is 17.1 Å². The second-order valence-corrected chi connectivity index (χ2v) is 8.86. The first kappa shape index (κ1) is 22.7. The maximum Gasteiger partial charge on any atom is 0.573 e. The summed E-state index contributed by atoms with van der Waals surface area (Å²) in [5.41, 5.74) is 0.369. The molecule has 31 heavy (non-hydrogen) atoms. The van der Waals surface area contributed by atoms with E-state index in [4.69, 9.17) is 4.74 Å². The van der Waals surface area contributed by atoms with Crippen molar-refractivity contribution in [3.05, 3.63) is 35.7 Å². The van der Waals surface area contributed by atoms with E-state index in [1.165, 1.54) is 12.1 Å². The molecule has 168 valence electrons. The SMILES string of the molecule is C=C(C(=O)Nc1nnc(-c2ccc(OC(F)(F)F)cc2)[nH]1)S(=O)(=O)CC1CCOCC1. The third-order valence-electron chi connectivity index (χ3n) is 4.50. The summed E-state index contributed by atoms with van der Waals surface area (Å²) >= 11 is 0. The normalized spacial score (nSPS) is 15.5. The number of alkyl halides is 3. The molecule has 0 saturated carbocycles. The van der Waals surface area contributed by atoms with Crippen LogP contribution in [0.3, 0.4) is 0 Å². The number of carbonyl (C=O) groups excluding carboxylic acids is 1. The number of halogens is 3. The van der Waals surface area contributed by atoms with Gasteiger partial charge < -0.3 is 14.5 Å². The van der Waals surface area contributed by atoms with Gasteiger partial charge in [0.1, 0.15) is 10.7 Å². The molecule has 1 aliphatic rings. The monoisotopic (exact) mass is 460 g/mol. The maximum absolute atomic E-state index is 12.4. The number of H-pyrrole nitrogens is 1. The van der Waals surface area contributed by atoms with E-state index in [2.05, 4.69) is 31.8 Å². The molecule has 13 heteroatoms. The van der Waals surface area contributed by atoms with E-state index < -0.39 is 32.8 Å². The summed E-state index contributed by atoms with van der Waals surface area (Å²) in [4.78, 5) is 14.4. The van der Waals surface area contributed by atoms with Gasteiger partial charge in [0.25, 0.3) is 5.91 Å². The number of benzene rings is 1. The fraction of sp³-hybridized carbons (Fsp3) is 0.389. The molecule has 3 rings (SSSR count). The molecule has 0 unspecified atom stereocenters. The highest BCUT2D eigenvalue weighted by Crippen LogP contribution is 2.25. The van der Waals surface area contributed by atoms with Gasteiger partial charge in [-0.3, -0.25) is 10.1 Å². The summed E-state index contributed by atoms with van der Waals surface area (Å²) in [7, 11) is -3.87. The van der Waals surface area contributed by atoms with Crippen LogP contribution in [0.15, 0.2) is 35.7 Å². The molecule has 1 aliphatic heterocycles. The number of carbonyl (C=O) groups is 1.